The minimum Gasteiger partial charge on any atom is -0.384 e. The third kappa shape index (κ3) is 8.88. The van der Waals surface area contributed by atoms with Crippen LogP contribution in [0.15, 0.2) is 30.3 Å². The van der Waals surface area contributed by atoms with Gasteiger partial charge in [-0.05, 0) is 35.8 Å². The fourth-order valence-corrected chi connectivity index (χ4v) is 4.55. The molecule has 2 aromatic rings. The first kappa shape index (κ1) is 26.8. The minimum atomic E-state index is 0. The molecule has 0 aliphatic rings. The SMILES string of the molecule is CCCCCCCCCCCCCCNc1c(CC)c(CC)cc2ccccc12.Cl. The molecule has 0 saturated carbocycles. The van der Waals surface area contributed by atoms with Crippen molar-refractivity contribution in [3.05, 3.63) is 41.5 Å². The van der Waals surface area contributed by atoms with Crippen molar-refractivity contribution >= 4 is 28.9 Å². The van der Waals surface area contributed by atoms with Crippen LogP contribution in [-0.2, 0) is 12.8 Å². The van der Waals surface area contributed by atoms with E-state index in [1.807, 2.05) is 0 Å². The van der Waals surface area contributed by atoms with E-state index in [9.17, 15) is 0 Å². The van der Waals surface area contributed by atoms with E-state index in [2.05, 4.69) is 56.4 Å². The van der Waals surface area contributed by atoms with Crippen LogP contribution in [0.5, 0.6) is 0 Å². The summed E-state index contributed by atoms with van der Waals surface area (Å²) in [4.78, 5) is 0. The number of halogens is 1. The molecule has 0 radical (unpaired) electrons. The summed E-state index contributed by atoms with van der Waals surface area (Å²) in [5.41, 5.74) is 4.42. The molecule has 2 heteroatoms. The van der Waals surface area contributed by atoms with Gasteiger partial charge in [0.15, 0.2) is 0 Å². The van der Waals surface area contributed by atoms with Crippen molar-refractivity contribution in [2.45, 2.75) is 111 Å². The normalized spacial score (nSPS) is 10.9. The van der Waals surface area contributed by atoms with Gasteiger partial charge in [-0.3, -0.25) is 0 Å². The Kier molecular flexibility index (Phi) is 14.7. The van der Waals surface area contributed by atoms with Crippen LogP contribution in [0.2, 0.25) is 0 Å². The summed E-state index contributed by atoms with van der Waals surface area (Å²) in [6, 6.07) is 11.2. The lowest BCUT2D eigenvalue weighted by atomic mass is 9.95. The molecular formula is C28H46ClN. The summed E-state index contributed by atoms with van der Waals surface area (Å²) < 4.78 is 0. The van der Waals surface area contributed by atoms with E-state index in [1.54, 1.807) is 0 Å². The zero-order valence-corrected chi connectivity index (χ0v) is 20.7. The third-order valence-electron chi connectivity index (χ3n) is 6.32. The maximum Gasteiger partial charge on any atom is 0.0455 e. The van der Waals surface area contributed by atoms with E-state index in [4.69, 9.17) is 0 Å². The zero-order chi connectivity index (χ0) is 20.7. The average Bonchev–Trinajstić information content (AvgIpc) is 2.76. The van der Waals surface area contributed by atoms with Gasteiger partial charge in [0.2, 0.25) is 0 Å². The van der Waals surface area contributed by atoms with E-state index in [0.29, 0.717) is 0 Å². The van der Waals surface area contributed by atoms with E-state index in [0.717, 1.165) is 19.4 Å². The lowest BCUT2D eigenvalue weighted by molar-refractivity contribution is 0.546. The molecule has 0 saturated heterocycles. The lowest BCUT2D eigenvalue weighted by Crippen LogP contribution is -2.07. The van der Waals surface area contributed by atoms with Gasteiger partial charge in [-0.2, -0.15) is 0 Å². The Morgan fingerprint density at radius 3 is 1.80 bits per heavy atom. The molecule has 0 amide bonds. The summed E-state index contributed by atoms with van der Waals surface area (Å²) in [5.74, 6) is 0. The van der Waals surface area contributed by atoms with Crippen LogP contribution >= 0.6 is 12.4 Å². The predicted molar refractivity (Wildman–Crippen MR) is 140 cm³/mol. The number of fused-ring (bicyclic) bond motifs is 1. The highest BCUT2D eigenvalue weighted by Gasteiger charge is 2.10. The molecular weight excluding hydrogens is 386 g/mol. The molecule has 1 nitrogen and oxygen atoms in total. The highest BCUT2D eigenvalue weighted by Crippen LogP contribution is 2.31. The zero-order valence-electron chi connectivity index (χ0n) is 19.9. The Labute approximate surface area is 192 Å². The molecule has 1 N–H and O–H groups in total. The fraction of sp³-hybridized carbons (Fsp3) is 0.643. The van der Waals surface area contributed by atoms with Crippen LogP contribution in [0.1, 0.15) is 109 Å². The summed E-state index contributed by atoms with van der Waals surface area (Å²) in [7, 11) is 0. The molecule has 0 fully saturated rings. The van der Waals surface area contributed by atoms with Crippen molar-refractivity contribution < 1.29 is 0 Å². The average molecular weight is 432 g/mol. The topological polar surface area (TPSA) is 12.0 Å². The van der Waals surface area contributed by atoms with Gasteiger partial charge in [-0.15, -0.1) is 12.4 Å². The second kappa shape index (κ2) is 16.5. The molecule has 0 unspecified atom stereocenters. The van der Waals surface area contributed by atoms with Crippen molar-refractivity contribution in [2.75, 3.05) is 11.9 Å². The number of hydrogen-bond donors (Lipinski definition) is 1. The van der Waals surface area contributed by atoms with Gasteiger partial charge >= 0.3 is 0 Å². The molecule has 0 aromatic heterocycles. The van der Waals surface area contributed by atoms with Crippen molar-refractivity contribution in [2.24, 2.45) is 0 Å². The maximum absolute atomic E-state index is 3.82. The van der Waals surface area contributed by atoms with Crippen LogP contribution in [0, 0.1) is 0 Å². The summed E-state index contributed by atoms with van der Waals surface area (Å²) in [6.07, 6.45) is 19.1. The van der Waals surface area contributed by atoms with Gasteiger partial charge in [0.1, 0.15) is 0 Å². The molecule has 30 heavy (non-hydrogen) atoms. The lowest BCUT2D eigenvalue weighted by Gasteiger charge is -2.18. The predicted octanol–water partition coefficient (Wildman–Crippen LogP) is 9.50. The molecule has 0 heterocycles. The maximum atomic E-state index is 3.82. The van der Waals surface area contributed by atoms with E-state index in [1.165, 1.54) is 105 Å². The van der Waals surface area contributed by atoms with Gasteiger partial charge in [-0.1, -0.05) is 122 Å². The summed E-state index contributed by atoms with van der Waals surface area (Å²) >= 11 is 0. The fourth-order valence-electron chi connectivity index (χ4n) is 4.55. The van der Waals surface area contributed by atoms with Crippen LogP contribution in [0.25, 0.3) is 10.8 Å². The van der Waals surface area contributed by atoms with Crippen LogP contribution in [-0.4, -0.2) is 6.54 Å². The molecule has 2 rings (SSSR count). The number of anilines is 1. The van der Waals surface area contributed by atoms with E-state index >= 15 is 0 Å². The van der Waals surface area contributed by atoms with Crippen molar-refractivity contribution in [3.63, 3.8) is 0 Å². The van der Waals surface area contributed by atoms with Gasteiger partial charge in [0, 0.05) is 17.6 Å². The minimum absolute atomic E-state index is 0. The quantitative estimate of drug-likeness (QED) is 0.261. The van der Waals surface area contributed by atoms with Crippen molar-refractivity contribution in [3.8, 4) is 0 Å². The molecule has 0 bridgehead atoms. The molecule has 0 spiro atoms. The summed E-state index contributed by atoms with van der Waals surface area (Å²) in [6.45, 7) is 7.96. The second-order valence-electron chi connectivity index (χ2n) is 8.63. The smallest absolute Gasteiger partial charge is 0.0455 e. The van der Waals surface area contributed by atoms with Crippen molar-refractivity contribution in [1.29, 1.82) is 0 Å². The molecule has 2 aromatic carbocycles. The first-order chi connectivity index (χ1) is 14.3. The number of aryl methyl sites for hydroxylation is 1. The van der Waals surface area contributed by atoms with Crippen LogP contribution < -0.4 is 5.32 Å². The van der Waals surface area contributed by atoms with Crippen LogP contribution in [0.4, 0.5) is 5.69 Å². The monoisotopic (exact) mass is 431 g/mol. The van der Waals surface area contributed by atoms with E-state index < -0.39 is 0 Å². The van der Waals surface area contributed by atoms with E-state index in [-0.39, 0.29) is 12.4 Å². The molecule has 0 atom stereocenters. The Balaban J connectivity index is 0.00000450. The first-order valence-electron chi connectivity index (χ1n) is 12.6. The number of unbranched alkanes of at least 4 members (excludes halogenated alkanes) is 11. The Hall–Kier alpha value is -1.21. The van der Waals surface area contributed by atoms with Crippen molar-refractivity contribution in [1.82, 2.24) is 0 Å². The van der Waals surface area contributed by atoms with Gasteiger partial charge in [0.05, 0.1) is 0 Å². The highest BCUT2D eigenvalue weighted by atomic mass is 35.5. The van der Waals surface area contributed by atoms with Gasteiger partial charge in [0.25, 0.3) is 0 Å². The number of nitrogens with one attached hydrogen (secondary N) is 1. The third-order valence-corrected chi connectivity index (χ3v) is 6.32. The summed E-state index contributed by atoms with van der Waals surface area (Å²) in [5, 5.41) is 6.58. The molecule has 170 valence electrons. The standard InChI is InChI=1S/C28H45N.ClH/c1-4-7-8-9-10-11-12-13-14-15-16-19-22-29-28-26(6-3)24(5-2)23-25-20-17-18-21-27(25)28;/h17-18,20-21,23,29H,4-16,19,22H2,1-3H3;1H. The molecule has 0 aliphatic heterocycles. The Morgan fingerprint density at radius 1 is 0.667 bits per heavy atom. The number of rotatable bonds is 16. The number of hydrogen-bond acceptors (Lipinski definition) is 1. The Morgan fingerprint density at radius 2 is 1.23 bits per heavy atom. The first-order valence-corrected chi connectivity index (χ1v) is 12.6. The van der Waals surface area contributed by atoms with Gasteiger partial charge < -0.3 is 5.32 Å². The van der Waals surface area contributed by atoms with Gasteiger partial charge in [-0.25, -0.2) is 0 Å². The number of benzene rings is 2. The largest absolute Gasteiger partial charge is 0.384 e. The second-order valence-corrected chi connectivity index (χ2v) is 8.63. The van der Waals surface area contributed by atoms with Crippen LogP contribution in [0.3, 0.4) is 0 Å². The Bertz CT molecular complexity index is 694. The molecule has 0 aliphatic carbocycles. The highest BCUT2D eigenvalue weighted by molar-refractivity contribution is 5.96.